The molecule has 0 radical (unpaired) electrons. The zero-order valence-electron chi connectivity index (χ0n) is 12.6. The van der Waals surface area contributed by atoms with Gasteiger partial charge in [0, 0.05) is 18.7 Å². The molecule has 0 spiro atoms. The molecule has 0 aliphatic rings. The number of rotatable bonds is 8. The Morgan fingerprint density at radius 3 is 2.29 bits per heavy atom. The van der Waals surface area contributed by atoms with Gasteiger partial charge >= 0.3 is 5.97 Å². The molecule has 118 valence electrons. The maximum absolute atomic E-state index is 12.6. The number of halogens is 2. The van der Waals surface area contributed by atoms with Crippen molar-refractivity contribution in [1.29, 1.82) is 0 Å². The lowest BCUT2D eigenvalue weighted by molar-refractivity contribution is -0.145. The Bertz CT molecular complexity index is 436. The summed E-state index contributed by atoms with van der Waals surface area (Å²) in [4.78, 5) is 14.0. The van der Waals surface area contributed by atoms with E-state index in [1.54, 1.807) is 6.92 Å². The molecule has 1 atom stereocenters. The molecule has 0 fully saturated rings. The van der Waals surface area contributed by atoms with Gasteiger partial charge in [0.25, 0.3) is 6.43 Å². The van der Waals surface area contributed by atoms with Crippen molar-refractivity contribution in [3.05, 3.63) is 35.4 Å². The van der Waals surface area contributed by atoms with Crippen LogP contribution in [0.4, 0.5) is 8.78 Å². The van der Waals surface area contributed by atoms with Crippen LogP contribution in [-0.2, 0) is 9.53 Å². The van der Waals surface area contributed by atoms with Crippen LogP contribution in [0.3, 0.4) is 0 Å². The van der Waals surface area contributed by atoms with Crippen molar-refractivity contribution in [1.82, 2.24) is 10.2 Å². The van der Waals surface area contributed by atoms with Crippen LogP contribution in [0.15, 0.2) is 24.3 Å². The van der Waals surface area contributed by atoms with Gasteiger partial charge in [0.2, 0.25) is 0 Å². The second-order valence-electron chi connectivity index (χ2n) is 4.91. The molecular formula is C15H22F2N2O2. The van der Waals surface area contributed by atoms with Crippen molar-refractivity contribution in [3.63, 3.8) is 0 Å². The molecule has 0 bridgehead atoms. The Morgan fingerprint density at radius 1 is 1.24 bits per heavy atom. The molecule has 6 heteroatoms. The lowest BCUT2D eigenvalue weighted by Crippen LogP contribution is -2.35. The number of nitrogens with zero attached hydrogens (tertiary/aromatic N) is 1. The molecule has 21 heavy (non-hydrogen) atoms. The highest BCUT2D eigenvalue weighted by Gasteiger charge is 2.21. The summed E-state index contributed by atoms with van der Waals surface area (Å²) in [7, 11) is 3.86. The smallest absolute Gasteiger partial charge is 0.327 e. The molecule has 1 N–H and O–H groups in total. The van der Waals surface area contributed by atoms with Gasteiger partial charge in [-0.1, -0.05) is 24.3 Å². The van der Waals surface area contributed by atoms with Crippen LogP contribution in [0, 0.1) is 0 Å². The summed E-state index contributed by atoms with van der Waals surface area (Å²) < 4.78 is 30.1. The van der Waals surface area contributed by atoms with Gasteiger partial charge in [0.05, 0.1) is 6.61 Å². The summed E-state index contributed by atoms with van der Waals surface area (Å²) in [6.45, 7) is 3.35. The van der Waals surface area contributed by atoms with Gasteiger partial charge in [-0.15, -0.1) is 0 Å². The minimum atomic E-state index is -2.51. The zero-order valence-corrected chi connectivity index (χ0v) is 12.6. The summed E-state index contributed by atoms with van der Waals surface area (Å²) >= 11 is 0. The van der Waals surface area contributed by atoms with E-state index in [2.05, 4.69) is 5.32 Å². The highest BCUT2D eigenvalue weighted by Crippen LogP contribution is 2.22. The van der Waals surface area contributed by atoms with E-state index in [9.17, 15) is 13.6 Å². The van der Waals surface area contributed by atoms with Gasteiger partial charge in [0.1, 0.15) is 6.04 Å². The number of ether oxygens (including phenoxy) is 1. The zero-order chi connectivity index (χ0) is 15.8. The van der Waals surface area contributed by atoms with Gasteiger partial charge < -0.3 is 9.64 Å². The highest BCUT2D eigenvalue weighted by atomic mass is 19.3. The molecule has 1 aromatic carbocycles. The molecule has 0 aliphatic carbocycles. The lowest BCUT2D eigenvalue weighted by atomic mass is 10.0. The van der Waals surface area contributed by atoms with E-state index in [1.165, 1.54) is 24.3 Å². The molecule has 0 amide bonds. The van der Waals surface area contributed by atoms with E-state index in [4.69, 9.17) is 4.74 Å². The third-order valence-electron chi connectivity index (χ3n) is 2.95. The van der Waals surface area contributed by atoms with Crippen LogP contribution >= 0.6 is 0 Å². The number of benzene rings is 1. The van der Waals surface area contributed by atoms with Crippen molar-refractivity contribution in [3.8, 4) is 0 Å². The quantitative estimate of drug-likeness (QED) is 0.749. The lowest BCUT2D eigenvalue weighted by Gasteiger charge is -2.19. The first-order valence-corrected chi connectivity index (χ1v) is 6.88. The Hall–Kier alpha value is -1.53. The molecule has 1 aromatic rings. The van der Waals surface area contributed by atoms with Gasteiger partial charge in [-0.25, -0.2) is 13.6 Å². The number of carbonyl (C=O) groups excluding carboxylic acids is 1. The van der Waals surface area contributed by atoms with E-state index in [1.807, 2.05) is 19.0 Å². The number of likely N-dealkylation sites (N-methyl/N-ethyl adjacent to an activating group) is 1. The fourth-order valence-corrected chi connectivity index (χ4v) is 1.83. The first-order chi connectivity index (χ1) is 9.95. The summed E-state index contributed by atoms with van der Waals surface area (Å²) in [5.41, 5.74) is 0.561. The molecule has 1 unspecified atom stereocenters. The van der Waals surface area contributed by atoms with Crippen LogP contribution in [0.5, 0.6) is 0 Å². The molecule has 1 rings (SSSR count). The van der Waals surface area contributed by atoms with Crippen LogP contribution in [-0.4, -0.2) is 44.7 Å². The topological polar surface area (TPSA) is 41.6 Å². The van der Waals surface area contributed by atoms with Gasteiger partial charge in [-0.05, 0) is 26.6 Å². The fraction of sp³-hybridized carbons (Fsp3) is 0.533. The Balaban J connectivity index is 2.81. The van der Waals surface area contributed by atoms with Crippen molar-refractivity contribution in [2.75, 3.05) is 33.8 Å². The minimum absolute atomic E-state index is 0.0605. The van der Waals surface area contributed by atoms with Gasteiger partial charge in [-0.2, -0.15) is 0 Å². The fourth-order valence-electron chi connectivity index (χ4n) is 1.83. The minimum Gasteiger partial charge on any atom is -0.465 e. The van der Waals surface area contributed by atoms with E-state index in [0.717, 1.165) is 6.54 Å². The van der Waals surface area contributed by atoms with E-state index >= 15 is 0 Å². The molecule has 0 heterocycles. The maximum atomic E-state index is 12.6. The average molecular weight is 300 g/mol. The summed E-state index contributed by atoms with van der Waals surface area (Å²) in [5.74, 6) is -0.402. The summed E-state index contributed by atoms with van der Waals surface area (Å²) in [6.07, 6.45) is -2.51. The Labute approximate surface area is 124 Å². The van der Waals surface area contributed by atoms with Crippen LogP contribution in [0.2, 0.25) is 0 Å². The maximum Gasteiger partial charge on any atom is 0.327 e. The predicted octanol–water partition coefficient (Wildman–Crippen LogP) is 2.38. The Morgan fingerprint density at radius 2 is 1.81 bits per heavy atom. The summed E-state index contributed by atoms with van der Waals surface area (Å²) in [6, 6.07) is 5.09. The van der Waals surface area contributed by atoms with Crippen molar-refractivity contribution < 1.29 is 18.3 Å². The van der Waals surface area contributed by atoms with Crippen LogP contribution in [0.1, 0.15) is 30.5 Å². The number of hydrogen-bond acceptors (Lipinski definition) is 4. The second-order valence-corrected chi connectivity index (χ2v) is 4.91. The van der Waals surface area contributed by atoms with Crippen molar-refractivity contribution >= 4 is 5.97 Å². The van der Waals surface area contributed by atoms with Crippen molar-refractivity contribution in [2.45, 2.75) is 19.4 Å². The number of esters is 1. The summed E-state index contributed by atoms with van der Waals surface area (Å²) in [5, 5.41) is 3.10. The third-order valence-corrected chi connectivity index (χ3v) is 2.95. The highest BCUT2D eigenvalue weighted by molar-refractivity contribution is 5.77. The van der Waals surface area contributed by atoms with E-state index in [0.29, 0.717) is 12.1 Å². The normalized spacial score (nSPS) is 12.7. The monoisotopic (exact) mass is 300 g/mol. The van der Waals surface area contributed by atoms with Crippen LogP contribution in [0.25, 0.3) is 0 Å². The number of alkyl halides is 2. The first-order valence-electron chi connectivity index (χ1n) is 6.88. The molecule has 4 nitrogen and oxygen atoms in total. The van der Waals surface area contributed by atoms with Gasteiger partial charge in [-0.3, -0.25) is 5.32 Å². The second kappa shape index (κ2) is 8.69. The Kier molecular flexibility index (Phi) is 7.25. The molecule has 0 aliphatic heterocycles. The van der Waals surface area contributed by atoms with E-state index in [-0.39, 0.29) is 12.2 Å². The standard InChI is InChI=1S/C15H22F2N2O2/c1-4-21-15(20)13(18-9-10-19(2)3)11-5-7-12(8-6-11)14(16)17/h5-8,13-14,18H,4,9-10H2,1-3H3. The first kappa shape index (κ1) is 17.5. The van der Waals surface area contributed by atoms with Gasteiger partial charge in [0.15, 0.2) is 0 Å². The van der Waals surface area contributed by atoms with Crippen LogP contribution < -0.4 is 5.32 Å². The molecular weight excluding hydrogens is 278 g/mol. The largest absolute Gasteiger partial charge is 0.465 e. The number of nitrogens with one attached hydrogen (secondary N) is 1. The molecule has 0 aromatic heterocycles. The number of carbonyl (C=O) groups is 1. The molecule has 0 saturated carbocycles. The number of hydrogen-bond donors (Lipinski definition) is 1. The van der Waals surface area contributed by atoms with E-state index < -0.39 is 18.4 Å². The SMILES string of the molecule is CCOC(=O)C(NCCN(C)C)c1ccc(C(F)F)cc1. The van der Waals surface area contributed by atoms with Crippen molar-refractivity contribution in [2.24, 2.45) is 0 Å². The third kappa shape index (κ3) is 5.77. The predicted molar refractivity (Wildman–Crippen MR) is 77.3 cm³/mol. The molecule has 0 saturated heterocycles. The average Bonchev–Trinajstić information content (AvgIpc) is 2.43.